The number of likely N-dealkylation sites (N-methyl/N-ethyl adjacent to an activating group) is 1. The van der Waals surface area contributed by atoms with Crippen LogP contribution in [0.25, 0.3) is 0 Å². The Kier molecular flexibility index (Phi) is 2.61. The second kappa shape index (κ2) is 3.93. The van der Waals surface area contributed by atoms with E-state index in [1.54, 1.807) is 6.07 Å². The fourth-order valence-corrected chi connectivity index (χ4v) is 2.04. The molecule has 1 heterocycles. The van der Waals surface area contributed by atoms with Crippen molar-refractivity contribution in [1.29, 1.82) is 5.26 Å². The Balaban J connectivity index is 2.53. The molecule has 0 unspecified atom stereocenters. The maximum atomic E-state index is 8.96. The lowest BCUT2D eigenvalue weighted by atomic mass is 10.1. The van der Waals surface area contributed by atoms with E-state index in [2.05, 4.69) is 24.8 Å². The molecule has 1 atom stereocenters. The highest BCUT2D eigenvalue weighted by Crippen LogP contribution is 2.36. The number of rotatable bonds is 1. The maximum absolute atomic E-state index is 8.96. The van der Waals surface area contributed by atoms with Gasteiger partial charge in [0, 0.05) is 12.6 Å². The molecule has 0 amide bonds. The highest BCUT2D eigenvalue weighted by atomic mass is 16.5. The minimum atomic E-state index is 0.327. The summed E-state index contributed by atoms with van der Waals surface area (Å²) in [6, 6.07) is 5.97. The van der Waals surface area contributed by atoms with Crippen LogP contribution in [0.4, 0.5) is 11.4 Å². The zero-order chi connectivity index (χ0) is 11.7. The number of anilines is 2. The summed E-state index contributed by atoms with van der Waals surface area (Å²) in [7, 11) is 0. The molecule has 0 aliphatic carbocycles. The molecule has 0 fully saturated rings. The molecule has 0 radical (unpaired) electrons. The summed E-state index contributed by atoms with van der Waals surface area (Å²) < 4.78 is 5.62. The van der Waals surface area contributed by atoms with Gasteiger partial charge in [-0.25, -0.2) is 0 Å². The first kappa shape index (κ1) is 10.6. The molecule has 84 valence electrons. The number of nitrogens with zero attached hydrogens (tertiary/aromatic N) is 2. The van der Waals surface area contributed by atoms with E-state index in [0.29, 0.717) is 23.9 Å². The molecule has 0 aromatic heterocycles. The highest BCUT2D eigenvalue weighted by Gasteiger charge is 2.24. The molecule has 4 heteroatoms. The third-order valence-electron chi connectivity index (χ3n) is 2.91. The van der Waals surface area contributed by atoms with Crippen LogP contribution in [0.5, 0.6) is 5.75 Å². The molecule has 4 nitrogen and oxygen atoms in total. The fourth-order valence-electron chi connectivity index (χ4n) is 2.04. The Bertz CT molecular complexity index is 450. The monoisotopic (exact) mass is 217 g/mol. The van der Waals surface area contributed by atoms with Gasteiger partial charge in [0.1, 0.15) is 18.4 Å². The van der Waals surface area contributed by atoms with Crippen LogP contribution in [-0.4, -0.2) is 19.2 Å². The summed E-state index contributed by atoms with van der Waals surface area (Å²) in [4.78, 5) is 2.22. The predicted octanol–water partition coefficient (Wildman–Crippen LogP) is 1.75. The fraction of sp³-hybridized carbons (Fsp3) is 0.417. The Morgan fingerprint density at radius 1 is 1.62 bits per heavy atom. The smallest absolute Gasteiger partial charge is 0.144 e. The van der Waals surface area contributed by atoms with Crippen molar-refractivity contribution < 1.29 is 4.74 Å². The molecule has 1 aromatic rings. The second-order valence-electron chi connectivity index (χ2n) is 3.97. The summed E-state index contributed by atoms with van der Waals surface area (Å²) in [5.41, 5.74) is 7.71. The molecule has 16 heavy (non-hydrogen) atoms. The van der Waals surface area contributed by atoms with Crippen LogP contribution >= 0.6 is 0 Å². The predicted molar refractivity (Wildman–Crippen MR) is 63.5 cm³/mol. The van der Waals surface area contributed by atoms with Crippen molar-refractivity contribution in [3.05, 3.63) is 17.7 Å². The Hall–Kier alpha value is -1.89. The molecule has 1 aromatic carbocycles. The van der Waals surface area contributed by atoms with E-state index in [0.717, 1.165) is 18.0 Å². The van der Waals surface area contributed by atoms with E-state index in [-0.39, 0.29) is 0 Å². The molecule has 0 saturated heterocycles. The van der Waals surface area contributed by atoms with E-state index in [1.165, 1.54) is 0 Å². The molecule has 2 N–H and O–H groups in total. The molecule has 0 bridgehead atoms. The van der Waals surface area contributed by atoms with Gasteiger partial charge in [0.2, 0.25) is 0 Å². The number of hydrogen-bond acceptors (Lipinski definition) is 4. The summed E-state index contributed by atoms with van der Waals surface area (Å²) >= 11 is 0. The average Bonchev–Trinajstić information content (AvgIpc) is 2.28. The van der Waals surface area contributed by atoms with Crippen molar-refractivity contribution in [1.82, 2.24) is 0 Å². The minimum Gasteiger partial charge on any atom is -0.489 e. The van der Waals surface area contributed by atoms with E-state index < -0.39 is 0 Å². The molecule has 1 aliphatic rings. The van der Waals surface area contributed by atoms with Gasteiger partial charge in [-0.2, -0.15) is 5.26 Å². The summed E-state index contributed by atoms with van der Waals surface area (Å²) in [6.45, 7) is 5.75. The first-order valence-corrected chi connectivity index (χ1v) is 5.40. The van der Waals surface area contributed by atoms with E-state index >= 15 is 0 Å². The van der Waals surface area contributed by atoms with Gasteiger partial charge in [-0.15, -0.1) is 0 Å². The van der Waals surface area contributed by atoms with Gasteiger partial charge >= 0.3 is 0 Å². The largest absolute Gasteiger partial charge is 0.489 e. The van der Waals surface area contributed by atoms with Gasteiger partial charge in [0.25, 0.3) is 0 Å². The summed E-state index contributed by atoms with van der Waals surface area (Å²) in [5.74, 6) is 0.774. The lowest BCUT2D eigenvalue weighted by Gasteiger charge is -2.36. The van der Waals surface area contributed by atoms with E-state index in [9.17, 15) is 0 Å². The Morgan fingerprint density at radius 3 is 3.00 bits per heavy atom. The van der Waals surface area contributed by atoms with Crippen molar-refractivity contribution in [2.45, 2.75) is 19.9 Å². The Morgan fingerprint density at radius 2 is 2.38 bits per heavy atom. The van der Waals surface area contributed by atoms with Crippen LogP contribution < -0.4 is 15.4 Å². The normalized spacial score (nSPS) is 18.6. The third-order valence-corrected chi connectivity index (χ3v) is 2.91. The van der Waals surface area contributed by atoms with Gasteiger partial charge in [-0.1, -0.05) is 0 Å². The highest BCUT2D eigenvalue weighted by molar-refractivity contribution is 5.71. The van der Waals surface area contributed by atoms with Crippen molar-refractivity contribution in [3.8, 4) is 11.8 Å². The number of hydrogen-bond donors (Lipinski definition) is 1. The van der Waals surface area contributed by atoms with Crippen molar-refractivity contribution in [2.24, 2.45) is 0 Å². The van der Waals surface area contributed by atoms with Crippen LogP contribution in [0.2, 0.25) is 0 Å². The SMILES string of the molecule is CCN1c2cc(C#N)c(N)cc2OC[C@@H]1C. The van der Waals surface area contributed by atoms with Gasteiger partial charge in [0.15, 0.2) is 0 Å². The lowest BCUT2D eigenvalue weighted by Crippen LogP contribution is -2.40. The van der Waals surface area contributed by atoms with Crippen LogP contribution in [0.3, 0.4) is 0 Å². The quantitative estimate of drug-likeness (QED) is 0.728. The maximum Gasteiger partial charge on any atom is 0.144 e. The van der Waals surface area contributed by atoms with Crippen molar-refractivity contribution in [2.75, 3.05) is 23.8 Å². The molecular weight excluding hydrogens is 202 g/mol. The lowest BCUT2D eigenvalue weighted by molar-refractivity contribution is 0.271. The first-order chi connectivity index (χ1) is 7.67. The average molecular weight is 217 g/mol. The number of benzene rings is 1. The summed E-state index contributed by atoms with van der Waals surface area (Å²) in [5, 5.41) is 8.96. The third kappa shape index (κ3) is 1.54. The zero-order valence-corrected chi connectivity index (χ0v) is 9.53. The number of nitrogens with two attached hydrogens (primary N) is 1. The molecule has 0 spiro atoms. The molecule has 0 saturated carbocycles. The van der Waals surface area contributed by atoms with Crippen molar-refractivity contribution >= 4 is 11.4 Å². The molecule has 1 aliphatic heterocycles. The van der Waals surface area contributed by atoms with E-state index in [4.69, 9.17) is 15.7 Å². The van der Waals surface area contributed by atoms with Crippen LogP contribution in [0.15, 0.2) is 12.1 Å². The number of fused-ring (bicyclic) bond motifs is 1. The topological polar surface area (TPSA) is 62.3 Å². The van der Waals surface area contributed by atoms with Crippen LogP contribution in [0, 0.1) is 11.3 Å². The number of ether oxygens (including phenoxy) is 1. The zero-order valence-electron chi connectivity index (χ0n) is 9.53. The minimum absolute atomic E-state index is 0.327. The Labute approximate surface area is 95.2 Å². The van der Waals surface area contributed by atoms with Gasteiger partial charge in [-0.05, 0) is 19.9 Å². The molecular formula is C12H15N3O. The van der Waals surface area contributed by atoms with Gasteiger partial charge < -0.3 is 15.4 Å². The standard InChI is InChI=1S/C12H15N3O/c1-3-15-8(2)7-16-12-5-10(14)9(6-13)4-11(12)15/h4-5,8H,3,7,14H2,1-2H3/t8-/m0/s1. The van der Waals surface area contributed by atoms with Crippen molar-refractivity contribution in [3.63, 3.8) is 0 Å². The first-order valence-electron chi connectivity index (χ1n) is 5.40. The van der Waals surface area contributed by atoms with Crippen LogP contribution in [0.1, 0.15) is 19.4 Å². The second-order valence-corrected chi connectivity index (χ2v) is 3.97. The summed E-state index contributed by atoms with van der Waals surface area (Å²) in [6.07, 6.45) is 0. The van der Waals surface area contributed by atoms with Gasteiger partial charge in [-0.3, -0.25) is 0 Å². The number of nitriles is 1. The van der Waals surface area contributed by atoms with E-state index in [1.807, 2.05) is 6.07 Å². The molecule has 2 rings (SSSR count). The van der Waals surface area contributed by atoms with Crippen LogP contribution in [-0.2, 0) is 0 Å². The van der Waals surface area contributed by atoms with Gasteiger partial charge in [0.05, 0.1) is 23.0 Å². The number of nitrogen functional groups attached to an aromatic ring is 1.